The summed E-state index contributed by atoms with van der Waals surface area (Å²) in [6.07, 6.45) is 1.56. The summed E-state index contributed by atoms with van der Waals surface area (Å²) in [5, 5.41) is 12.5. The largest absolute Gasteiger partial charge is 0.465 e. The van der Waals surface area contributed by atoms with Crippen molar-refractivity contribution in [3.63, 3.8) is 0 Å². The first kappa shape index (κ1) is 21.9. The van der Waals surface area contributed by atoms with E-state index >= 15 is 0 Å². The minimum Gasteiger partial charge on any atom is -0.465 e. The first-order chi connectivity index (χ1) is 14.8. The van der Waals surface area contributed by atoms with Gasteiger partial charge in [-0.25, -0.2) is 4.79 Å². The van der Waals surface area contributed by atoms with Crippen molar-refractivity contribution in [3.8, 4) is 11.8 Å². The van der Waals surface area contributed by atoms with Crippen LogP contribution in [0.5, 0.6) is 0 Å². The number of hydrogen-bond acceptors (Lipinski definition) is 4. The molecule has 0 spiro atoms. The molecule has 7 heteroatoms. The molecule has 0 radical (unpaired) electrons. The monoisotopic (exact) mass is 433 g/mol. The molecule has 6 nitrogen and oxygen atoms in total. The van der Waals surface area contributed by atoms with E-state index in [1.54, 1.807) is 48.5 Å². The molecule has 3 rings (SSSR count). The number of nitriles is 1. The maximum atomic E-state index is 12.5. The maximum absolute atomic E-state index is 12.5. The highest BCUT2D eigenvalue weighted by Gasteiger charge is 2.16. The summed E-state index contributed by atoms with van der Waals surface area (Å²) >= 11 is 6.27. The molecular weight excluding hydrogens is 414 g/mol. The Morgan fingerprint density at radius 3 is 2.45 bits per heavy atom. The van der Waals surface area contributed by atoms with Crippen LogP contribution in [-0.2, 0) is 9.53 Å². The van der Waals surface area contributed by atoms with Gasteiger partial charge in [0.05, 0.1) is 17.7 Å². The predicted molar refractivity (Wildman–Crippen MR) is 120 cm³/mol. The Balaban J connectivity index is 1.95. The van der Waals surface area contributed by atoms with Crippen molar-refractivity contribution in [1.82, 2.24) is 4.57 Å². The van der Waals surface area contributed by atoms with Gasteiger partial charge in [0.2, 0.25) is 0 Å². The van der Waals surface area contributed by atoms with Crippen molar-refractivity contribution in [2.24, 2.45) is 0 Å². The van der Waals surface area contributed by atoms with Crippen LogP contribution in [-0.4, -0.2) is 23.6 Å². The average Bonchev–Trinajstić information content (AvgIpc) is 3.04. The lowest BCUT2D eigenvalue weighted by Crippen LogP contribution is -2.13. The van der Waals surface area contributed by atoms with Crippen molar-refractivity contribution >= 4 is 35.2 Å². The fraction of sp³-hybridized carbons (Fsp3) is 0.125. The molecule has 1 amide bonds. The van der Waals surface area contributed by atoms with Crippen molar-refractivity contribution in [2.75, 3.05) is 12.4 Å². The molecular formula is C24H20ClN3O3. The van der Waals surface area contributed by atoms with Gasteiger partial charge in [-0.2, -0.15) is 5.26 Å². The molecule has 31 heavy (non-hydrogen) atoms. The van der Waals surface area contributed by atoms with Gasteiger partial charge in [0.1, 0.15) is 11.6 Å². The van der Waals surface area contributed by atoms with Gasteiger partial charge < -0.3 is 14.6 Å². The summed E-state index contributed by atoms with van der Waals surface area (Å²) in [6, 6.07) is 17.8. The van der Waals surface area contributed by atoms with E-state index in [4.69, 9.17) is 16.3 Å². The van der Waals surface area contributed by atoms with Gasteiger partial charge in [-0.15, -0.1) is 0 Å². The summed E-state index contributed by atoms with van der Waals surface area (Å²) in [4.78, 5) is 24.3. The number of anilines is 1. The van der Waals surface area contributed by atoms with Gasteiger partial charge in [-0.1, -0.05) is 29.8 Å². The zero-order valence-corrected chi connectivity index (χ0v) is 18.0. The van der Waals surface area contributed by atoms with Crippen molar-refractivity contribution in [2.45, 2.75) is 13.8 Å². The number of aryl methyl sites for hydroxylation is 1. The third kappa shape index (κ3) is 4.68. The van der Waals surface area contributed by atoms with Crippen LogP contribution < -0.4 is 5.32 Å². The average molecular weight is 434 g/mol. The molecule has 1 aromatic heterocycles. The summed E-state index contributed by atoms with van der Waals surface area (Å²) < 4.78 is 6.66. The van der Waals surface area contributed by atoms with Crippen LogP contribution >= 0.6 is 11.6 Å². The fourth-order valence-electron chi connectivity index (χ4n) is 3.27. The SMILES string of the molecule is COC(=O)c1ccc(-n2c(C)cc(/C=C(/C#N)C(=O)Nc3ccccc3)c2C)cc1Cl. The van der Waals surface area contributed by atoms with Crippen LogP contribution in [0.3, 0.4) is 0 Å². The molecule has 0 bridgehead atoms. The quantitative estimate of drug-likeness (QED) is 0.345. The van der Waals surface area contributed by atoms with Crippen molar-refractivity contribution < 1.29 is 14.3 Å². The third-order valence-corrected chi connectivity index (χ3v) is 5.10. The summed E-state index contributed by atoms with van der Waals surface area (Å²) in [5.41, 5.74) is 4.05. The normalized spacial score (nSPS) is 11.0. The second kappa shape index (κ2) is 9.33. The Morgan fingerprint density at radius 2 is 1.84 bits per heavy atom. The molecule has 0 unspecified atom stereocenters. The number of carbonyl (C=O) groups excluding carboxylic acids is 2. The highest BCUT2D eigenvalue weighted by Crippen LogP contribution is 2.27. The first-order valence-electron chi connectivity index (χ1n) is 9.41. The molecule has 2 aromatic carbocycles. The molecule has 0 aliphatic rings. The second-order valence-corrected chi connectivity index (χ2v) is 7.21. The number of hydrogen-bond donors (Lipinski definition) is 1. The Morgan fingerprint density at radius 1 is 1.13 bits per heavy atom. The molecule has 0 saturated carbocycles. The van der Waals surface area contributed by atoms with E-state index in [0.717, 1.165) is 22.6 Å². The second-order valence-electron chi connectivity index (χ2n) is 6.81. The topological polar surface area (TPSA) is 84.1 Å². The highest BCUT2D eigenvalue weighted by atomic mass is 35.5. The molecule has 0 aliphatic heterocycles. The number of nitrogens with one attached hydrogen (secondary N) is 1. The van der Waals surface area contributed by atoms with Crippen LogP contribution in [0.2, 0.25) is 5.02 Å². The number of halogens is 1. The van der Waals surface area contributed by atoms with Gasteiger partial charge in [0.15, 0.2) is 0 Å². The maximum Gasteiger partial charge on any atom is 0.339 e. The molecule has 0 saturated heterocycles. The Bertz CT molecular complexity index is 1220. The fourth-order valence-corrected chi connectivity index (χ4v) is 3.53. The molecule has 156 valence electrons. The molecule has 0 aliphatic carbocycles. The summed E-state index contributed by atoms with van der Waals surface area (Å²) in [6.45, 7) is 3.79. The van der Waals surface area contributed by atoms with Crippen LogP contribution in [0.25, 0.3) is 11.8 Å². The van der Waals surface area contributed by atoms with Crippen LogP contribution in [0, 0.1) is 25.2 Å². The lowest BCUT2D eigenvalue weighted by Gasteiger charge is -2.11. The van der Waals surface area contributed by atoms with E-state index in [9.17, 15) is 14.9 Å². The van der Waals surface area contributed by atoms with Gasteiger partial charge in [0, 0.05) is 22.8 Å². The Hall–Kier alpha value is -3.82. The number of aromatic nitrogens is 1. The molecule has 0 fully saturated rings. The van der Waals surface area contributed by atoms with E-state index < -0.39 is 11.9 Å². The van der Waals surface area contributed by atoms with E-state index in [0.29, 0.717) is 5.69 Å². The minimum absolute atomic E-state index is 0.0109. The van der Waals surface area contributed by atoms with Crippen LogP contribution in [0.1, 0.15) is 27.3 Å². The minimum atomic E-state index is -0.510. The first-order valence-corrected chi connectivity index (χ1v) is 9.79. The van der Waals surface area contributed by atoms with E-state index in [1.165, 1.54) is 7.11 Å². The third-order valence-electron chi connectivity index (χ3n) is 4.78. The number of rotatable bonds is 5. The number of nitrogens with zero attached hydrogens (tertiary/aromatic N) is 2. The number of ether oxygens (including phenoxy) is 1. The summed E-state index contributed by atoms with van der Waals surface area (Å²) in [5.74, 6) is -0.992. The van der Waals surface area contributed by atoms with Gasteiger partial charge in [-0.3, -0.25) is 4.79 Å². The summed E-state index contributed by atoms with van der Waals surface area (Å²) in [7, 11) is 1.30. The predicted octanol–water partition coefficient (Wildman–Crippen LogP) is 5.08. The lowest BCUT2D eigenvalue weighted by molar-refractivity contribution is -0.112. The number of benzene rings is 2. The van der Waals surface area contributed by atoms with E-state index in [-0.39, 0.29) is 16.2 Å². The zero-order chi connectivity index (χ0) is 22.5. The van der Waals surface area contributed by atoms with Crippen molar-refractivity contribution in [3.05, 3.63) is 87.7 Å². The molecule has 0 atom stereocenters. The van der Waals surface area contributed by atoms with Gasteiger partial charge >= 0.3 is 5.97 Å². The standard InChI is InChI=1S/C24H20ClN3O3/c1-15-11-17(12-18(14-26)23(29)27-19-7-5-4-6-8-19)16(2)28(15)20-9-10-21(22(25)13-20)24(30)31-3/h4-13H,1-3H3,(H,27,29)/b18-12-. The van der Waals surface area contributed by atoms with Gasteiger partial charge in [-0.05, 0) is 61.9 Å². The number of para-hydroxylation sites is 1. The number of amides is 1. The highest BCUT2D eigenvalue weighted by molar-refractivity contribution is 6.33. The number of methoxy groups -OCH3 is 1. The van der Waals surface area contributed by atoms with Crippen LogP contribution in [0.4, 0.5) is 5.69 Å². The van der Waals surface area contributed by atoms with Crippen molar-refractivity contribution in [1.29, 1.82) is 5.26 Å². The lowest BCUT2D eigenvalue weighted by atomic mass is 10.1. The van der Waals surface area contributed by atoms with E-state index in [1.807, 2.05) is 36.6 Å². The zero-order valence-electron chi connectivity index (χ0n) is 17.3. The number of esters is 1. The Kier molecular flexibility index (Phi) is 6.58. The number of carbonyl (C=O) groups is 2. The van der Waals surface area contributed by atoms with Gasteiger partial charge in [0.25, 0.3) is 5.91 Å². The van der Waals surface area contributed by atoms with E-state index in [2.05, 4.69) is 5.32 Å². The smallest absolute Gasteiger partial charge is 0.339 e. The molecule has 1 N–H and O–H groups in total. The molecule has 3 aromatic rings. The van der Waals surface area contributed by atoms with Crippen LogP contribution in [0.15, 0.2) is 60.2 Å². The molecule has 1 heterocycles. The Labute approximate surface area is 185 Å².